The summed E-state index contributed by atoms with van der Waals surface area (Å²) in [6.07, 6.45) is 5.85. The van der Waals surface area contributed by atoms with E-state index in [1.54, 1.807) is 6.07 Å². The molecule has 1 nitrogen and oxygen atoms in total. The molecule has 0 bridgehead atoms. The van der Waals surface area contributed by atoms with Crippen molar-refractivity contribution in [1.29, 1.82) is 0 Å². The zero-order valence-corrected chi connectivity index (χ0v) is 10.5. The Balaban J connectivity index is 0.00000144. The number of halogens is 3. The molecule has 0 unspecified atom stereocenters. The molecule has 2 N–H and O–H groups in total. The van der Waals surface area contributed by atoms with Gasteiger partial charge in [-0.25, -0.2) is 8.78 Å². The van der Waals surface area contributed by atoms with Gasteiger partial charge in [-0.3, -0.25) is 0 Å². The van der Waals surface area contributed by atoms with Gasteiger partial charge < -0.3 is 5.73 Å². The second-order valence-electron chi connectivity index (χ2n) is 4.60. The second-order valence-corrected chi connectivity index (χ2v) is 4.60. The Bertz CT molecular complexity index is 364. The van der Waals surface area contributed by atoms with Gasteiger partial charge in [0.2, 0.25) is 0 Å². The highest BCUT2D eigenvalue weighted by atomic mass is 35.5. The van der Waals surface area contributed by atoms with Crippen molar-refractivity contribution in [2.45, 2.75) is 38.1 Å². The molecule has 0 amide bonds. The van der Waals surface area contributed by atoms with Crippen LogP contribution in [0.3, 0.4) is 0 Å². The maximum atomic E-state index is 13.1. The van der Waals surface area contributed by atoms with Gasteiger partial charge in [-0.2, -0.15) is 0 Å². The summed E-state index contributed by atoms with van der Waals surface area (Å²) in [6.45, 7) is 0. The molecule has 2 rings (SSSR count). The fourth-order valence-corrected chi connectivity index (χ4v) is 2.49. The summed E-state index contributed by atoms with van der Waals surface area (Å²) < 4.78 is 25.9. The van der Waals surface area contributed by atoms with Crippen LogP contribution < -0.4 is 5.73 Å². The zero-order valence-electron chi connectivity index (χ0n) is 9.66. The van der Waals surface area contributed by atoms with Gasteiger partial charge >= 0.3 is 0 Å². The number of hydrogen-bond acceptors (Lipinski definition) is 1. The van der Waals surface area contributed by atoms with Crippen molar-refractivity contribution in [3.63, 3.8) is 0 Å². The van der Waals surface area contributed by atoms with Crippen LogP contribution >= 0.6 is 12.4 Å². The van der Waals surface area contributed by atoms with Gasteiger partial charge in [-0.1, -0.05) is 25.3 Å². The highest BCUT2D eigenvalue weighted by Gasteiger charge is 2.22. The standard InChI is InChI=1S/C13H17F2N.ClH/c14-11-7-6-10(8-12(11)15)13(16)9-4-2-1-3-5-9;/h6-9,13H,1-5,16H2;1H/t13-;/m0./s1. The number of hydrogen-bond donors (Lipinski definition) is 1. The van der Waals surface area contributed by atoms with Crippen LogP contribution in [-0.2, 0) is 0 Å². The predicted octanol–water partition coefficient (Wildman–Crippen LogP) is 3.97. The van der Waals surface area contributed by atoms with Crippen LogP contribution in [0.5, 0.6) is 0 Å². The summed E-state index contributed by atoms with van der Waals surface area (Å²) in [5.41, 5.74) is 6.81. The van der Waals surface area contributed by atoms with Gasteiger partial charge in [0.05, 0.1) is 0 Å². The monoisotopic (exact) mass is 261 g/mol. The SMILES string of the molecule is Cl.N[C@H](c1ccc(F)c(F)c1)C1CCCCC1. The van der Waals surface area contributed by atoms with E-state index in [9.17, 15) is 8.78 Å². The first-order valence-electron chi connectivity index (χ1n) is 5.89. The van der Waals surface area contributed by atoms with Gasteiger partial charge in [0, 0.05) is 6.04 Å². The van der Waals surface area contributed by atoms with Gasteiger partial charge in [-0.15, -0.1) is 12.4 Å². The van der Waals surface area contributed by atoms with Crippen LogP contribution in [0.4, 0.5) is 8.78 Å². The van der Waals surface area contributed by atoms with Gasteiger partial charge in [0.15, 0.2) is 11.6 Å². The molecule has 0 radical (unpaired) electrons. The summed E-state index contributed by atoms with van der Waals surface area (Å²) in [5, 5.41) is 0. The third-order valence-electron chi connectivity index (χ3n) is 3.49. The Labute approximate surface area is 107 Å². The Morgan fingerprint density at radius 3 is 2.29 bits per heavy atom. The molecule has 17 heavy (non-hydrogen) atoms. The minimum Gasteiger partial charge on any atom is -0.324 e. The third kappa shape index (κ3) is 3.39. The highest BCUT2D eigenvalue weighted by Crippen LogP contribution is 2.33. The topological polar surface area (TPSA) is 26.0 Å². The van der Waals surface area contributed by atoms with Crippen molar-refractivity contribution >= 4 is 12.4 Å². The number of rotatable bonds is 2. The molecule has 1 aromatic carbocycles. The van der Waals surface area contributed by atoms with E-state index in [0.717, 1.165) is 18.9 Å². The maximum Gasteiger partial charge on any atom is 0.159 e. The van der Waals surface area contributed by atoms with Crippen molar-refractivity contribution in [3.05, 3.63) is 35.4 Å². The van der Waals surface area contributed by atoms with Crippen LogP contribution in [0.1, 0.15) is 43.7 Å². The smallest absolute Gasteiger partial charge is 0.159 e. The molecular weight excluding hydrogens is 244 g/mol. The summed E-state index contributed by atoms with van der Waals surface area (Å²) in [6, 6.07) is 3.83. The quantitative estimate of drug-likeness (QED) is 0.857. The first-order chi connectivity index (χ1) is 7.68. The van der Waals surface area contributed by atoms with E-state index in [1.165, 1.54) is 25.3 Å². The fourth-order valence-electron chi connectivity index (χ4n) is 2.49. The lowest BCUT2D eigenvalue weighted by atomic mass is 9.81. The first kappa shape index (κ1) is 14.4. The Morgan fingerprint density at radius 2 is 1.71 bits per heavy atom. The molecule has 0 aromatic heterocycles. The molecule has 96 valence electrons. The van der Waals surface area contributed by atoms with E-state index >= 15 is 0 Å². The van der Waals surface area contributed by atoms with Gasteiger partial charge in [0.1, 0.15) is 0 Å². The van der Waals surface area contributed by atoms with Gasteiger partial charge in [0.25, 0.3) is 0 Å². The van der Waals surface area contributed by atoms with E-state index in [-0.39, 0.29) is 18.4 Å². The Morgan fingerprint density at radius 1 is 1.06 bits per heavy atom. The van der Waals surface area contributed by atoms with Crippen molar-refractivity contribution in [2.24, 2.45) is 11.7 Å². The zero-order chi connectivity index (χ0) is 11.5. The molecule has 1 atom stereocenters. The van der Waals surface area contributed by atoms with Gasteiger partial charge in [-0.05, 0) is 36.5 Å². The normalized spacial score (nSPS) is 18.5. The van der Waals surface area contributed by atoms with E-state index < -0.39 is 11.6 Å². The minimum atomic E-state index is -0.806. The Hall–Kier alpha value is -0.670. The van der Waals surface area contributed by atoms with Crippen molar-refractivity contribution < 1.29 is 8.78 Å². The van der Waals surface area contributed by atoms with Crippen molar-refractivity contribution in [3.8, 4) is 0 Å². The third-order valence-corrected chi connectivity index (χ3v) is 3.49. The highest BCUT2D eigenvalue weighted by molar-refractivity contribution is 5.85. The van der Waals surface area contributed by atoms with Crippen LogP contribution in [-0.4, -0.2) is 0 Å². The molecule has 4 heteroatoms. The van der Waals surface area contributed by atoms with E-state index in [1.807, 2.05) is 0 Å². The number of nitrogens with two attached hydrogens (primary N) is 1. The molecule has 0 spiro atoms. The Kier molecular flexibility index (Phi) is 5.34. The van der Waals surface area contributed by atoms with Crippen LogP contribution in [0, 0.1) is 17.6 Å². The minimum absolute atomic E-state index is 0. The van der Waals surface area contributed by atoms with Crippen LogP contribution in [0.25, 0.3) is 0 Å². The summed E-state index contributed by atoms with van der Waals surface area (Å²) in [7, 11) is 0. The summed E-state index contributed by atoms with van der Waals surface area (Å²) in [5.74, 6) is -1.19. The summed E-state index contributed by atoms with van der Waals surface area (Å²) in [4.78, 5) is 0. The summed E-state index contributed by atoms with van der Waals surface area (Å²) >= 11 is 0. The van der Waals surface area contributed by atoms with Crippen LogP contribution in [0.15, 0.2) is 18.2 Å². The average molecular weight is 262 g/mol. The first-order valence-corrected chi connectivity index (χ1v) is 5.89. The molecule has 1 aliphatic carbocycles. The lowest BCUT2D eigenvalue weighted by molar-refractivity contribution is 0.307. The molecular formula is C13H18ClF2N. The van der Waals surface area contributed by atoms with E-state index in [4.69, 9.17) is 5.73 Å². The maximum absolute atomic E-state index is 13.1. The van der Waals surface area contributed by atoms with Crippen LogP contribution in [0.2, 0.25) is 0 Å². The largest absolute Gasteiger partial charge is 0.324 e. The molecule has 1 fully saturated rings. The van der Waals surface area contributed by atoms with Crippen molar-refractivity contribution in [2.75, 3.05) is 0 Å². The van der Waals surface area contributed by atoms with E-state index in [0.29, 0.717) is 11.5 Å². The average Bonchev–Trinajstić information content (AvgIpc) is 2.33. The number of benzene rings is 1. The molecule has 0 heterocycles. The van der Waals surface area contributed by atoms with E-state index in [2.05, 4.69) is 0 Å². The van der Waals surface area contributed by atoms with Crippen molar-refractivity contribution in [1.82, 2.24) is 0 Å². The lowest BCUT2D eigenvalue weighted by Crippen LogP contribution is -2.23. The lowest BCUT2D eigenvalue weighted by Gasteiger charge is -2.27. The molecule has 0 saturated heterocycles. The molecule has 1 saturated carbocycles. The predicted molar refractivity (Wildman–Crippen MR) is 67.1 cm³/mol. The second kappa shape index (κ2) is 6.31. The molecule has 1 aliphatic rings. The molecule has 0 aliphatic heterocycles. The fraction of sp³-hybridized carbons (Fsp3) is 0.538. The molecule has 1 aromatic rings.